The molecule has 0 bridgehead atoms. The SMILES string of the molecule is O=S(=O)(c1ccccc1NCCC1=CCNCC1)C(F)F. The minimum atomic E-state index is -4.58. The molecule has 1 aromatic carbocycles. The van der Waals surface area contributed by atoms with Crippen LogP contribution in [0.3, 0.4) is 0 Å². The number of sulfone groups is 1. The van der Waals surface area contributed by atoms with Crippen LogP contribution < -0.4 is 10.6 Å². The van der Waals surface area contributed by atoms with E-state index in [1.807, 2.05) is 0 Å². The van der Waals surface area contributed by atoms with E-state index >= 15 is 0 Å². The van der Waals surface area contributed by atoms with Crippen molar-refractivity contribution < 1.29 is 17.2 Å². The first-order valence-electron chi connectivity index (χ1n) is 6.75. The van der Waals surface area contributed by atoms with Crippen molar-refractivity contribution in [3.05, 3.63) is 35.9 Å². The number of alkyl halides is 2. The second-order valence-electron chi connectivity index (χ2n) is 4.80. The molecular weight excluding hydrogens is 298 g/mol. The molecule has 0 aromatic heterocycles. The second kappa shape index (κ2) is 7.00. The summed E-state index contributed by atoms with van der Waals surface area (Å²) in [4.78, 5) is -0.348. The third-order valence-corrected chi connectivity index (χ3v) is 4.79. The minimum Gasteiger partial charge on any atom is -0.384 e. The van der Waals surface area contributed by atoms with Crippen LogP contribution in [0.5, 0.6) is 0 Å². The number of nitrogens with one attached hydrogen (secondary N) is 2. The van der Waals surface area contributed by atoms with E-state index in [-0.39, 0.29) is 10.6 Å². The van der Waals surface area contributed by atoms with Gasteiger partial charge in [0.25, 0.3) is 0 Å². The molecule has 0 saturated heterocycles. The van der Waals surface area contributed by atoms with Gasteiger partial charge >= 0.3 is 5.76 Å². The van der Waals surface area contributed by atoms with E-state index in [1.165, 1.54) is 23.8 Å². The van der Waals surface area contributed by atoms with Crippen LogP contribution in [0.2, 0.25) is 0 Å². The average Bonchev–Trinajstić information content (AvgIpc) is 2.48. The summed E-state index contributed by atoms with van der Waals surface area (Å²) in [5, 5.41) is 6.15. The highest BCUT2D eigenvalue weighted by Crippen LogP contribution is 2.26. The van der Waals surface area contributed by atoms with Gasteiger partial charge in [0.2, 0.25) is 9.84 Å². The molecule has 0 fully saturated rings. The molecule has 1 heterocycles. The summed E-state index contributed by atoms with van der Waals surface area (Å²) in [5.41, 5.74) is 1.52. The molecule has 0 spiro atoms. The van der Waals surface area contributed by atoms with Crippen molar-refractivity contribution in [1.29, 1.82) is 0 Å². The van der Waals surface area contributed by atoms with Crippen LogP contribution in [-0.2, 0) is 9.84 Å². The highest BCUT2D eigenvalue weighted by molar-refractivity contribution is 7.91. The summed E-state index contributed by atoms with van der Waals surface area (Å²) in [7, 11) is -4.58. The Morgan fingerprint density at radius 2 is 2.05 bits per heavy atom. The summed E-state index contributed by atoms with van der Waals surface area (Å²) in [6.45, 7) is 2.29. The van der Waals surface area contributed by atoms with Gasteiger partial charge in [-0.05, 0) is 31.5 Å². The van der Waals surface area contributed by atoms with Gasteiger partial charge in [-0.15, -0.1) is 0 Å². The van der Waals surface area contributed by atoms with Crippen LogP contribution in [0.4, 0.5) is 14.5 Å². The van der Waals surface area contributed by atoms with Crippen LogP contribution in [0, 0.1) is 0 Å². The lowest BCUT2D eigenvalue weighted by Gasteiger charge is -2.16. The fraction of sp³-hybridized carbons (Fsp3) is 0.429. The Morgan fingerprint density at radius 1 is 1.29 bits per heavy atom. The van der Waals surface area contributed by atoms with Gasteiger partial charge < -0.3 is 10.6 Å². The number of benzene rings is 1. The highest BCUT2D eigenvalue weighted by atomic mass is 32.2. The lowest BCUT2D eigenvalue weighted by atomic mass is 10.1. The van der Waals surface area contributed by atoms with Crippen LogP contribution >= 0.6 is 0 Å². The maximum atomic E-state index is 12.7. The molecule has 4 nitrogen and oxygen atoms in total. The van der Waals surface area contributed by atoms with E-state index in [9.17, 15) is 17.2 Å². The third-order valence-electron chi connectivity index (χ3n) is 3.35. The summed E-state index contributed by atoms with van der Waals surface area (Å²) in [6.07, 6.45) is 3.83. The summed E-state index contributed by atoms with van der Waals surface area (Å²) < 4.78 is 48.5. The summed E-state index contributed by atoms with van der Waals surface area (Å²) >= 11 is 0. The molecule has 7 heteroatoms. The Hall–Kier alpha value is -1.47. The smallest absolute Gasteiger partial charge is 0.341 e. The first-order chi connectivity index (χ1) is 10.0. The van der Waals surface area contributed by atoms with Crippen molar-refractivity contribution >= 4 is 15.5 Å². The number of rotatable bonds is 6. The zero-order valence-electron chi connectivity index (χ0n) is 11.5. The van der Waals surface area contributed by atoms with Gasteiger partial charge in [0, 0.05) is 13.1 Å². The van der Waals surface area contributed by atoms with Crippen LogP contribution in [-0.4, -0.2) is 33.8 Å². The third kappa shape index (κ3) is 4.01. The lowest BCUT2D eigenvalue weighted by molar-refractivity contribution is 0.235. The molecule has 0 unspecified atom stereocenters. The average molecular weight is 316 g/mol. The Labute approximate surface area is 123 Å². The largest absolute Gasteiger partial charge is 0.384 e. The van der Waals surface area contributed by atoms with Crippen molar-refractivity contribution in [3.63, 3.8) is 0 Å². The van der Waals surface area contributed by atoms with Gasteiger partial charge in [-0.1, -0.05) is 23.8 Å². The Bertz CT molecular complexity index is 615. The van der Waals surface area contributed by atoms with Gasteiger partial charge in [0.05, 0.1) is 10.6 Å². The maximum absolute atomic E-state index is 12.7. The van der Waals surface area contributed by atoms with E-state index in [4.69, 9.17) is 0 Å². The molecule has 21 heavy (non-hydrogen) atoms. The number of hydrogen-bond acceptors (Lipinski definition) is 4. The monoisotopic (exact) mass is 316 g/mol. The van der Waals surface area contributed by atoms with Crippen LogP contribution in [0.25, 0.3) is 0 Å². The molecule has 1 aliphatic heterocycles. The molecular formula is C14H18F2N2O2S. The zero-order valence-corrected chi connectivity index (χ0v) is 12.3. The summed E-state index contributed by atoms with van der Waals surface area (Å²) in [5.74, 6) is -3.41. The summed E-state index contributed by atoms with van der Waals surface area (Å²) in [6, 6.07) is 5.77. The van der Waals surface area contributed by atoms with E-state index in [1.54, 1.807) is 6.07 Å². The normalized spacial score (nSPS) is 15.9. The van der Waals surface area contributed by atoms with Crippen molar-refractivity contribution in [2.45, 2.75) is 23.5 Å². The van der Waals surface area contributed by atoms with Crippen LogP contribution in [0.15, 0.2) is 40.8 Å². The molecule has 0 aliphatic carbocycles. The van der Waals surface area contributed by atoms with Gasteiger partial charge in [-0.3, -0.25) is 0 Å². The molecule has 1 aromatic rings. The quantitative estimate of drug-likeness (QED) is 0.791. The first kappa shape index (κ1) is 15.9. The van der Waals surface area contributed by atoms with E-state index in [0.717, 1.165) is 25.9 Å². The number of anilines is 1. The molecule has 0 atom stereocenters. The fourth-order valence-electron chi connectivity index (χ4n) is 2.21. The molecule has 2 rings (SSSR count). The van der Waals surface area contributed by atoms with Crippen molar-refractivity contribution in [3.8, 4) is 0 Å². The molecule has 1 aliphatic rings. The minimum absolute atomic E-state index is 0.229. The number of halogens is 2. The van der Waals surface area contributed by atoms with Crippen LogP contribution in [0.1, 0.15) is 12.8 Å². The molecule has 116 valence electrons. The maximum Gasteiger partial charge on any atom is 0.341 e. The predicted octanol–water partition coefficient (Wildman–Crippen LogP) is 2.40. The first-order valence-corrected chi connectivity index (χ1v) is 8.30. The fourth-order valence-corrected chi connectivity index (χ4v) is 3.12. The Kier molecular flexibility index (Phi) is 5.30. The topological polar surface area (TPSA) is 58.2 Å². The highest BCUT2D eigenvalue weighted by Gasteiger charge is 2.28. The predicted molar refractivity (Wildman–Crippen MR) is 78.3 cm³/mol. The Balaban J connectivity index is 2.05. The van der Waals surface area contributed by atoms with Gasteiger partial charge in [0.1, 0.15) is 0 Å². The molecule has 2 N–H and O–H groups in total. The van der Waals surface area contributed by atoms with Crippen molar-refractivity contribution in [2.75, 3.05) is 25.0 Å². The van der Waals surface area contributed by atoms with Crippen molar-refractivity contribution in [2.24, 2.45) is 0 Å². The standard InChI is InChI=1S/C14H18F2N2O2S/c15-14(16)21(19,20)13-4-2-1-3-12(13)18-10-7-11-5-8-17-9-6-11/h1-5,14,17-18H,6-10H2. The Morgan fingerprint density at radius 3 is 2.71 bits per heavy atom. The van der Waals surface area contributed by atoms with Gasteiger partial charge in [0.15, 0.2) is 0 Å². The van der Waals surface area contributed by atoms with Gasteiger partial charge in [-0.2, -0.15) is 8.78 Å². The molecule has 0 radical (unpaired) electrons. The number of hydrogen-bond donors (Lipinski definition) is 2. The van der Waals surface area contributed by atoms with E-state index in [0.29, 0.717) is 6.54 Å². The second-order valence-corrected chi connectivity index (χ2v) is 6.68. The number of para-hydroxylation sites is 1. The molecule has 0 amide bonds. The van der Waals surface area contributed by atoms with E-state index < -0.39 is 15.6 Å². The zero-order chi connectivity index (χ0) is 15.3. The van der Waals surface area contributed by atoms with E-state index in [2.05, 4.69) is 16.7 Å². The van der Waals surface area contributed by atoms with Gasteiger partial charge in [-0.25, -0.2) is 8.42 Å². The van der Waals surface area contributed by atoms with Crippen molar-refractivity contribution in [1.82, 2.24) is 5.32 Å². The molecule has 0 saturated carbocycles. The lowest BCUT2D eigenvalue weighted by Crippen LogP contribution is -2.21.